The molecule has 0 radical (unpaired) electrons. The Morgan fingerprint density at radius 3 is 2.48 bits per heavy atom. The largest absolute Gasteiger partial charge is 0.385 e. The van der Waals surface area contributed by atoms with Crippen molar-refractivity contribution in [2.45, 2.75) is 43.6 Å². The van der Waals surface area contributed by atoms with Crippen molar-refractivity contribution in [2.24, 2.45) is 4.36 Å². The molecule has 0 saturated heterocycles. The summed E-state index contributed by atoms with van der Waals surface area (Å²) in [6.07, 6.45) is 4.27. The summed E-state index contributed by atoms with van der Waals surface area (Å²) in [6, 6.07) is 10.1. The van der Waals surface area contributed by atoms with E-state index >= 15 is 0 Å². The molecular formula is C18H27N3O4S2. The summed E-state index contributed by atoms with van der Waals surface area (Å²) < 4.78 is 30.9. The van der Waals surface area contributed by atoms with E-state index in [4.69, 9.17) is 4.74 Å². The third-order valence-corrected chi connectivity index (χ3v) is 5.65. The highest BCUT2D eigenvalue weighted by Gasteiger charge is 2.65. The molecular weight excluding hydrogens is 386 g/mol. The van der Waals surface area contributed by atoms with Crippen molar-refractivity contribution < 1.29 is 17.9 Å². The summed E-state index contributed by atoms with van der Waals surface area (Å²) in [4.78, 5) is 9.54. The molecule has 9 heteroatoms. The Balaban J connectivity index is 0.000000445. The van der Waals surface area contributed by atoms with Crippen LogP contribution < -0.4 is 10.6 Å². The molecule has 1 aliphatic carbocycles. The van der Waals surface area contributed by atoms with Crippen LogP contribution in [0.15, 0.2) is 34.7 Å². The number of carbonyl (C=O) groups excluding carboxylic acids is 1. The van der Waals surface area contributed by atoms with E-state index in [0.29, 0.717) is 11.5 Å². The van der Waals surface area contributed by atoms with Gasteiger partial charge in [0, 0.05) is 26.2 Å². The van der Waals surface area contributed by atoms with Crippen LogP contribution in [0.4, 0.5) is 0 Å². The third kappa shape index (κ3) is 6.67. The van der Waals surface area contributed by atoms with Gasteiger partial charge in [0.15, 0.2) is 5.11 Å². The Kier molecular flexibility index (Phi) is 9.54. The van der Waals surface area contributed by atoms with E-state index in [-0.39, 0.29) is 5.41 Å². The summed E-state index contributed by atoms with van der Waals surface area (Å²) in [7, 11) is 0.985. The van der Waals surface area contributed by atoms with Crippen LogP contribution >= 0.6 is 12.2 Å². The summed E-state index contributed by atoms with van der Waals surface area (Å²) in [5.74, 6) is 0. The van der Waals surface area contributed by atoms with Gasteiger partial charge >= 0.3 is 10.5 Å². The molecule has 1 fully saturated rings. The number of nitrogens with zero attached hydrogens (tertiary/aromatic N) is 1. The lowest BCUT2D eigenvalue weighted by Gasteiger charge is -2.20. The van der Waals surface area contributed by atoms with Crippen molar-refractivity contribution in [3.05, 3.63) is 35.9 Å². The van der Waals surface area contributed by atoms with Crippen LogP contribution in [0.1, 0.15) is 38.2 Å². The first-order valence-corrected chi connectivity index (χ1v) is 10.1. The van der Waals surface area contributed by atoms with Crippen molar-refractivity contribution in [1.82, 2.24) is 10.6 Å². The minimum atomic E-state index is -2.35. The summed E-state index contributed by atoms with van der Waals surface area (Å²) in [5, 5.41) is 5.13. The minimum Gasteiger partial charge on any atom is -0.385 e. The Labute approximate surface area is 167 Å². The maximum Gasteiger partial charge on any atom is 0.311 e. The maximum atomic E-state index is 11.0. The van der Waals surface area contributed by atoms with Crippen molar-refractivity contribution >= 4 is 34.2 Å². The van der Waals surface area contributed by atoms with E-state index in [9.17, 15) is 13.2 Å². The lowest BCUT2D eigenvalue weighted by atomic mass is 9.86. The monoisotopic (exact) mass is 413 g/mol. The molecule has 7 nitrogen and oxygen atoms in total. The number of hydrogen-bond acceptors (Lipinski definition) is 6. The fourth-order valence-corrected chi connectivity index (χ4v) is 3.92. The van der Waals surface area contributed by atoms with Gasteiger partial charge in [0.2, 0.25) is 6.41 Å². The van der Waals surface area contributed by atoms with E-state index in [1.165, 1.54) is 5.56 Å². The molecule has 1 amide bonds. The van der Waals surface area contributed by atoms with Crippen molar-refractivity contribution in [2.75, 3.05) is 20.8 Å². The second-order valence-corrected chi connectivity index (χ2v) is 7.52. The molecule has 0 aromatic heterocycles. The van der Waals surface area contributed by atoms with E-state index in [2.05, 4.69) is 39.3 Å². The first kappa shape index (κ1) is 23.2. The molecule has 1 aliphatic rings. The predicted molar refractivity (Wildman–Crippen MR) is 109 cm³/mol. The molecule has 0 heterocycles. The first-order chi connectivity index (χ1) is 12.8. The van der Waals surface area contributed by atoms with Gasteiger partial charge in [-0.15, -0.1) is 0 Å². The molecule has 1 aromatic carbocycles. The topological polar surface area (TPSA) is 96.9 Å². The SMILES string of the molecule is CNC(=S)NC=O.COCCCCC1(c2ccccc2)CC1(C)N=S(=O)=O. The summed E-state index contributed by atoms with van der Waals surface area (Å²) in [6.45, 7) is 2.68. The molecule has 1 aromatic rings. The van der Waals surface area contributed by atoms with Crippen LogP contribution in [0, 0.1) is 0 Å². The molecule has 1 saturated carbocycles. The van der Waals surface area contributed by atoms with E-state index in [1.807, 2.05) is 25.1 Å². The van der Waals surface area contributed by atoms with Crippen molar-refractivity contribution in [3.8, 4) is 0 Å². The minimum absolute atomic E-state index is 0.137. The summed E-state index contributed by atoms with van der Waals surface area (Å²) in [5.41, 5.74) is 0.560. The molecule has 0 spiro atoms. The predicted octanol–water partition coefficient (Wildman–Crippen LogP) is 2.20. The number of unbranched alkanes of at least 4 members (excludes halogenated alkanes) is 1. The Morgan fingerprint density at radius 2 is 2.00 bits per heavy atom. The number of carbonyl (C=O) groups is 1. The highest BCUT2D eigenvalue weighted by Crippen LogP contribution is 2.62. The van der Waals surface area contributed by atoms with Gasteiger partial charge in [-0.2, -0.15) is 12.8 Å². The average Bonchev–Trinajstić information content (AvgIpc) is 3.24. The quantitative estimate of drug-likeness (QED) is 0.385. The number of rotatable bonds is 8. The van der Waals surface area contributed by atoms with Gasteiger partial charge < -0.3 is 15.4 Å². The highest BCUT2D eigenvalue weighted by molar-refractivity contribution is 7.80. The number of amides is 1. The smallest absolute Gasteiger partial charge is 0.311 e. The van der Waals surface area contributed by atoms with Gasteiger partial charge in [0.1, 0.15) is 0 Å². The normalized spacial score (nSPS) is 22.6. The molecule has 27 heavy (non-hydrogen) atoms. The van der Waals surface area contributed by atoms with Gasteiger partial charge in [-0.3, -0.25) is 4.79 Å². The van der Waals surface area contributed by atoms with Gasteiger partial charge in [0.25, 0.3) is 0 Å². The molecule has 2 rings (SSSR count). The van der Waals surface area contributed by atoms with Gasteiger partial charge in [-0.25, -0.2) is 0 Å². The summed E-state index contributed by atoms with van der Waals surface area (Å²) >= 11 is 4.50. The first-order valence-electron chi connectivity index (χ1n) is 8.64. The lowest BCUT2D eigenvalue weighted by molar-refractivity contribution is -0.108. The molecule has 2 atom stereocenters. The second-order valence-electron chi connectivity index (χ2n) is 6.50. The van der Waals surface area contributed by atoms with Gasteiger partial charge in [0.05, 0.1) is 5.54 Å². The van der Waals surface area contributed by atoms with Gasteiger partial charge in [-0.1, -0.05) is 36.8 Å². The molecule has 2 unspecified atom stereocenters. The number of methoxy groups -OCH3 is 1. The van der Waals surface area contributed by atoms with Crippen LogP contribution in [-0.2, 0) is 25.4 Å². The average molecular weight is 414 g/mol. The molecule has 0 aliphatic heterocycles. The van der Waals surface area contributed by atoms with E-state index in [1.54, 1.807) is 14.2 Å². The highest BCUT2D eigenvalue weighted by atomic mass is 32.2. The molecule has 2 N–H and O–H groups in total. The number of ether oxygens (including phenoxy) is 1. The Morgan fingerprint density at radius 1 is 1.33 bits per heavy atom. The Bertz CT molecular complexity index is 747. The zero-order valence-corrected chi connectivity index (χ0v) is 17.5. The van der Waals surface area contributed by atoms with Crippen molar-refractivity contribution in [3.63, 3.8) is 0 Å². The number of nitrogens with one attached hydrogen (secondary N) is 2. The molecule has 150 valence electrons. The Hall–Kier alpha value is -1.84. The zero-order chi connectivity index (χ0) is 20.3. The van der Waals surface area contributed by atoms with Crippen molar-refractivity contribution in [1.29, 1.82) is 0 Å². The fourth-order valence-electron chi connectivity index (χ4n) is 3.30. The second kappa shape index (κ2) is 11.1. The molecule has 0 bridgehead atoms. The van der Waals surface area contributed by atoms with Crippen LogP contribution in [0.3, 0.4) is 0 Å². The van der Waals surface area contributed by atoms with Crippen LogP contribution in [0.5, 0.6) is 0 Å². The van der Waals surface area contributed by atoms with Crippen LogP contribution in [0.2, 0.25) is 0 Å². The maximum absolute atomic E-state index is 11.0. The van der Waals surface area contributed by atoms with Gasteiger partial charge in [-0.05, 0) is 44.0 Å². The third-order valence-electron chi connectivity index (χ3n) is 4.77. The number of hydrogen-bond donors (Lipinski definition) is 2. The van der Waals surface area contributed by atoms with E-state index < -0.39 is 16.0 Å². The van der Waals surface area contributed by atoms with Crippen LogP contribution in [0.25, 0.3) is 0 Å². The fraction of sp³-hybridized carbons (Fsp3) is 0.556. The van der Waals surface area contributed by atoms with E-state index in [0.717, 1.165) is 32.3 Å². The standard InChI is InChI=1S/C15H21NO3S.C3H6N2OS/c1-14(16-20(17)18)12-15(14,10-6-7-11-19-2)13-8-4-3-5-9-13;1-4-3(7)5-2-6/h3-5,8-9H,6-7,10-12H2,1-2H3;2H,1H3,(H2,4,5,6,7). The van der Waals surface area contributed by atoms with Crippen LogP contribution in [-0.4, -0.2) is 46.2 Å². The lowest BCUT2D eigenvalue weighted by Crippen LogP contribution is -2.30. The number of benzene rings is 1. The zero-order valence-electron chi connectivity index (χ0n) is 15.9. The number of thiocarbonyl (C=S) groups is 1.